The number of amides is 2. The number of carboxylic acid groups (broad SMARTS) is 1. The van der Waals surface area contributed by atoms with Gasteiger partial charge in [0.05, 0.1) is 5.69 Å². The summed E-state index contributed by atoms with van der Waals surface area (Å²) in [6, 6.07) is 9.74. The molecule has 3 heterocycles. The lowest BCUT2D eigenvalue weighted by Gasteiger charge is -2.41. The number of likely N-dealkylation sites (tertiary alicyclic amines) is 1. The minimum atomic E-state index is -5.71. The molecule has 5 rings (SSSR count). The van der Waals surface area contributed by atoms with Crippen LogP contribution >= 0.6 is 0 Å². The zero-order valence-electron chi connectivity index (χ0n) is 25.5. The monoisotopic (exact) mass is 708 g/mol. The van der Waals surface area contributed by atoms with E-state index < -0.39 is 51.5 Å². The number of rotatable bonds is 6. The van der Waals surface area contributed by atoms with Crippen LogP contribution in [0.15, 0.2) is 48.7 Å². The van der Waals surface area contributed by atoms with Crippen LogP contribution in [0.5, 0.6) is 0 Å². The van der Waals surface area contributed by atoms with Crippen LogP contribution in [0.2, 0.25) is 0 Å². The SMILES string of the molecule is CC(C)C(=O)N[C@H](Cc1c[nH]c2ccccc12)C(=O)N1CCC2(CC1)CN(S(=O)(=O)C(F)(F)F)c1ccc(F)cc12.O=C(O)C(F)(F)F. The maximum Gasteiger partial charge on any atom is 0.516 e. The van der Waals surface area contributed by atoms with Crippen molar-refractivity contribution >= 4 is 44.4 Å². The van der Waals surface area contributed by atoms with Gasteiger partial charge < -0.3 is 20.3 Å². The number of aromatic nitrogens is 1. The molecule has 1 aromatic heterocycles. The van der Waals surface area contributed by atoms with Gasteiger partial charge in [-0.25, -0.2) is 9.18 Å². The first-order valence-electron chi connectivity index (χ1n) is 14.5. The molecule has 1 fully saturated rings. The van der Waals surface area contributed by atoms with Gasteiger partial charge in [-0.2, -0.15) is 34.8 Å². The molecule has 48 heavy (non-hydrogen) atoms. The lowest BCUT2D eigenvalue weighted by molar-refractivity contribution is -0.192. The standard InChI is InChI=1S/C28H30F4N4O4S.C2HF3O2/c1-17(2)25(37)34-23(13-18-15-33-22-6-4-3-5-20(18)22)26(38)35-11-9-27(10-12-35)16-36(41(39,40)28(30,31)32)24-8-7-19(29)14-21(24)27;3-2(4,5)1(6)7/h3-8,14-15,17,23,33H,9-13,16H2,1-2H3,(H,34,37);(H,6,7)/t23-;/m1./s1. The molecule has 1 atom stereocenters. The Morgan fingerprint density at radius 1 is 1.02 bits per heavy atom. The van der Waals surface area contributed by atoms with Crippen molar-refractivity contribution in [1.82, 2.24) is 15.2 Å². The number of sulfonamides is 1. The highest BCUT2D eigenvalue weighted by Gasteiger charge is 2.57. The summed E-state index contributed by atoms with van der Waals surface area (Å²) in [7, 11) is -5.71. The number of para-hydroxylation sites is 1. The van der Waals surface area contributed by atoms with E-state index >= 15 is 0 Å². The third-order valence-corrected chi connectivity index (χ3v) is 9.83. The number of nitrogens with zero attached hydrogens (tertiary/aromatic N) is 2. The second kappa shape index (κ2) is 13.3. The number of nitrogens with one attached hydrogen (secondary N) is 2. The molecule has 2 aromatic carbocycles. The molecule has 2 amide bonds. The Balaban J connectivity index is 0.000000671. The molecule has 0 bridgehead atoms. The maximum atomic E-state index is 14.2. The van der Waals surface area contributed by atoms with Gasteiger partial charge in [-0.15, -0.1) is 0 Å². The lowest BCUT2D eigenvalue weighted by Crippen LogP contribution is -2.55. The second-order valence-electron chi connectivity index (χ2n) is 11.8. The minimum Gasteiger partial charge on any atom is -0.475 e. The molecule has 1 saturated heterocycles. The molecule has 0 aliphatic carbocycles. The van der Waals surface area contributed by atoms with Crippen LogP contribution in [-0.4, -0.2) is 78.6 Å². The van der Waals surface area contributed by atoms with E-state index in [9.17, 15) is 48.7 Å². The number of carbonyl (C=O) groups excluding carboxylic acids is 2. The minimum absolute atomic E-state index is 0.0939. The highest BCUT2D eigenvalue weighted by atomic mass is 32.2. The molecule has 18 heteroatoms. The van der Waals surface area contributed by atoms with Crippen molar-refractivity contribution in [3.63, 3.8) is 0 Å². The van der Waals surface area contributed by atoms with E-state index in [1.807, 2.05) is 24.3 Å². The van der Waals surface area contributed by atoms with E-state index in [2.05, 4.69) is 10.3 Å². The third kappa shape index (κ3) is 7.37. The quantitative estimate of drug-likeness (QED) is 0.313. The van der Waals surface area contributed by atoms with E-state index in [1.165, 1.54) is 4.90 Å². The first-order chi connectivity index (χ1) is 22.2. The molecule has 0 unspecified atom stereocenters. The Labute approximate surface area is 269 Å². The Morgan fingerprint density at radius 2 is 1.62 bits per heavy atom. The molecule has 0 saturated carbocycles. The number of hydrogen-bond acceptors (Lipinski definition) is 5. The Bertz CT molecular complexity index is 1800. The second-order valence-corrected chi connectivity index (χ2v) is 13.7. The summed E-state index contributed by atoms with van der Waals surface area (Å²) in [4.78, 5) is 40.0. The average Bonchev–Trinajstić information content (AvgIpc) is 3.55. The molecule has 10 nitrogen and oxygen atoms in total. The van der Waals surface area contributed by atoms with Crippen molar-refractivity contribution in [3.8, 4) is 0 Å². The highest BCUT2D eigenvalue weighted by Crippen LogP contribution is 2.50. The molecule has 3 N–H and O–H groups in total. The van der Waals surface area contributed by atoms with Crippen LogP contribution in [0.1, 0.15) is 37.8 Å². The Kier molecular flexibility index (Phi) is 10.1. The van der Waals surface area contributed by atoms with Crippen molar-refractivity contribution in [2.75, 3.05) is 23.9 Å². The third-order valence-electron chi connectivity index (χ3n) is 8.34. The van der Waals surface area contributed by atoms with E-state index in [0.29, 0.717) is 4.31 Å². The van der Waals surface area contributed by atoms with Crippen molar-refractivity contribution in [2.24, 2.45) is 5.92 Å². The van der Waals surface area contributed by atoms with Crippen molar-refractivity contribution in [1.29, 1.82) is 0 Å². The number of aliphatic carboxylic acids is 1. The molecular formula is C30H31F7N4O6S. The number of aromatic amines is 1. The first-order valence-corrected chi connectivity index (χ1v) is 16.0. The molecular weight excluding hydrogens is 677 g/mol. The van der Waals surface area contributed by atoms with E-state index in [0.717, 1.165) is 34.7 Å². The van der Waals surface area contributed by atoms with Crippen LogP contribution < -0.4 is 9.62 Å². The fourth-order valence-corrected chi connectivity index (χ4v) is 6.88. The van der Waals surface area contributed by atoms with Gasteiger partial charge in [-0.3, -0.25) is 13.9 Å². The molecule has 2 aliphatic rings. The van der Waals surface area contributed by atoms with Gasteiger partial charge >= 0.3 is 27.7 Å². The van der Waals surface area contributed by atoms with Crippen LogP contribution in [0, 0.1) is 11.7 Å². The molecule has 0 radical (unpaired) electrons. The number of alkyl halides is 6. The number of piperidine rings is 1. The maximum absolute atomic E-state index is 14.2. The number of fused-ring (bicyclic) bond motifs is 3. The zero-order chi connectivity index (χ0) is 35.8. The summed E-state index contributed by atoms with van der Waals surface area (Å²) in [5.74, 6) is -4.47. The number of carboxylic acids is 1. The number of anilines is 1. The van der Waals surface area contributed by atoms with E-state index in [1.54, 1.807) is 20.0 Å². The predicted octanol–water partition coefficient (Wildman–Crippen LogP) is 4.85. The number of H-pyrrole nitrogens is 1. The largest absolute Gasteiger partial charge is 0.516 e. The van der Waals surface area contributed by atoms with Crippen molar-refractivity contribution in [3.05, 3.63) is 65.6 Å². The molecule has 1 spiro atoms. The van der Waals surface area contributed by atoms with Gasteiger partial charge in [0.25, 0.3) is 0 Å². The summed E-state index contributed by atoms with van der Waals surface area (Å²) in [5.41, 5.74) is -4.92. The summed E-state index contributed by atoms with van der Waals surface area (Å²) in [5, 5.41) is 10.9. The number of benzene rings is 2. The summed E-state index contributed by atoms with van der Waals surface area (Å²) in [6.45, 7) is 3.11. The van der Waals surface area contributed by atoms with Gasteiger partial charge in [-0.1, -0.05) is 32.0 Å². The molecule has 262 valence electrons. The Hall–Kier alpha value is -4.35. The smallest absolute Gasteiger partial charge is 0.475 e. The van der Waals surface area contributed by atoms with Gasteiger partial charge in [0.2, 0.25) is 11.8 Å². The van der Waals surface area contributed by atoms with Crippen molar-refractivity contribution in [2.45, 2.75) is 56.3 Å². The van der Waals surface area contributed by atoms with Gasteiger partial charge in [-0.05, 0) is 48.2 Å². The fraction of sp³-hybridized carbons (Fsp3) is 0.433. The number of hydrogen-bond donors (Lipinski definition) is 3. The van der Waals surface area contributed by atoms with Gasteiger partial charge in [0.1, 0.15) is 11.9 Å². The predicted molar refractivity (Wildman–Crippen MR) is 159 cm³/mol. The average molecular weight is 709 g/mol. The first kappa shape index (κ1) is 36.5. The summed E-state index contributed by atoms with van der Waals surface area (Å²) < 4.78 is 112. The topological polar surface area (TPSA) is 140 Å². The zero-order valence-corrected chi connectivity index (χ0v) is 26.3. The number of halogens is 7. The van der Waals surface area contributed by atoms with Crippen LogP contribution in [0.25, 0.3) is 10.9 Å². The van der Waals surface area contributed by atoms with Crippen LogP contribution in [-0.2, 0) is 36.2 Å². The number of carbonyl (C=O) groups is 3. The van der Waals surface area contributed by atoms with Crippen LogP contribution in [0.3, 0.4) is 0 Å². The summed E-state index contributed by atoms with van der Waals surface area (Å²) in [6.07, 6.45) is -2.83. The Morgan fingerprint density at radius 3 is 2.19 bits per heavy atom. The highest BCUT2D eigenvalue weighted by molar-refractivity contribution is 7.93. The lowest BCUT2D eigenvalue weighted by atomic mass is 9.74. The summed E-state index contributed by atoms with van der Waals surface area (Å²) >= 11 is 0. The van der Waals surface area contributed by atoms with Gasteiger partial charge in [0, 0.05) is 54.5 Å². The molecule has 3 aromatic rings. The normalized spacial score (nSPS) is 16.8. The molecule has 2 aliphatic heterocycles. The van der Waals surface area contributed by atoms with Gasteiger partial charge in [0.15, 0.2) is 0 Å². The fourth-order valence-electron chi connectivity index (χ4n) is 5.80. The van der Waals surface area contributed by atoms with Crippen molar-refractivity contribution < 1.29 is 58.6 Å². The van der Waals surface area contributed by atoms with Crippen LogP contribution in [0.4, 0.5) is 36.4 Å². The van der Waals surface area contributed by atoms with E-state index in [-0.39, 0.29) is 61.3 Å². The van der Waals surface area contributed by atoms with E-state index in [4.69, 9.17) is 9.90 Å².